The number of carbonyl (C=O) groups excluding carboxylic acids is 2. The molecule has 6 rings (SSSR count). The third-order valence-corrected chi connectivity index (χ3v) is 9.11. The Morgan fingerprint density at radius 2 is 1.25 bits per heavy atom. The van der Waals surface area contributed by atoms with Gasteiger partial charge in [-0.15, -0.1) is 0 Å². The fourth-order valence-electron chi connectivity index (χ4n) is 5.95. The monoisotopic (exact) mass is 728 g/mol. The zero-order chi connectivity index (χ0) is 36.9. The van der Waals surface area contributed by atoms with Crippen LogP contribution in [0.4, 0.5) is 5.69 Å². The summed E-state index contributed by atoms with van der Waals surface area (Å²) in [4.78, 5) is 33.9. The summed E-state index contributed by atoms with van der Waals surface area (Å²) in [5.74, 6) is -0.754. The molecular weight excluding hydrogens is 676 g/mol. The van der Waals surface area contributed by atoms with Gasteiger partial charge in [0.05, 0.1) is 58.5 Å². The maximum absolute atomic E-state index is 12.7. The summed E-state index contributed by atoms with van der Waals surface area (Å²) >= 11 is 6.33. The molecule has 2 aliphatic heterocycles. The van der Waals surface area contributed by atoms with Gasteiger partial charge in [-0.3, -0.25) is 0 Å². The van der Waals surface area contributed by atoms with E-state index >= 15 is 0 Å². The first-order chi connectivity index (χ1) is 24.7. The lowest BCUT2D eigenvalue weighted by molar-refractivity contribution is 0.0515. The second kappa shape index (κ2) is 19.7. The number of hydrogen-bond donors (Lipinski definition) is 2. The molecule has 15 heteroatoms. The van der Waals surface area contributed by atoms with Crippen LogP contribution in [-0.4, -0.2) is 93.2 Å². The summed E-state index contributed by atoms with van der Waals surface area (Å²) in [6, 6.07) is 0.677. The molecule has 0 radical (unpaired) electrons. The number of nitrogens with one attached hydrogen (secondary N) is 1. The van der Waals surface area contributed by atoms with Gasteiger partial charge in [-0.2, -0.15) is 10.2 Å². The molecule has 2 saturated heterocycles. The van der Waals surface area contributed by atoms with Crippen LogP contribution in [0.2, 0.25) is 5.02 Å². The summed E-state index contributed by atoms with van der Waals surface area (Å²) in [6.45, 7) is 16.8. The Kier molecular flexibility index (Phi) is 15.4. The van der Waals surface area contributed by atoms with E-state index in [9.17, 15) is 9.59 Å². The van der Waals surface area contributed by atoms with Gasteiger partial charge in [0.25, 0.3) is 0 Å². The molecule has 0 amide bonds. The summed E-state index contributed by atoms with van der Waals surface area (Å²) in [5.41, 5.74) is 10.2. The fraction of sp³-hybridized carbons (Fsp3) is 0.611. The van der Waals surface area contributed by atoms with Crippen LogP contribution in [0.1, 0.15) is 99.3 Å². The summed E-state index contributed by atoms with van der Waals surface area (Å²) in [7, 11) is 0. The predicted molar refractivity (Wildman–Crippen MR) is 198 cm³/mol. The first-order valence-corrected chi connectivity index (χ1v) is 18.5. The van der Waals surface area contributed by atoms with Gasteiger partial charge in [0.15, 0.2) is 11.3 Å². The second-order valence-electron chi connectivity index (χ2n) is 12.1. The Morgan fingerprint density at radius 3 is 1.73 bits per heavy atom. The summed E-state index contributed by atoms with van der Waals surface area (Å²) in [5, 5.41) is 14.1. The third-order valence-electron chi connectivity index (χ3n) is 8.72. The van der Waals surface area contributed by atoms with Crippen molar-refractivity contribution in [2.75, 3.05) is 45.0 Å². The number of pyridine rings is 2. The highest BCUT2D eigenvalue weighted by molar-refractivity contribution is 6.38. The Balaban J connectivity index is 0.000000197. The van der Waals surface area contributed by atoms with Gasteiger partial charge in [-0.05, 0) is 66.2 Å². The van der Waals surface area contributed by atoms with Gasteiger partial charge < -0.3 is 30.0 Å². The number of esters is 2. The largest absolute Gasteiger partial charge is 0.462 e. The molecule has 14 nitrogen and oxygen atoms in total. The molecule has 0 atom stereocenters. The van der Waals surface area contributed by atoms with E-state index in [0.717, 1.165) is 81.1 Å². The number of aryl methyl sites for hydroxylation is 4. The third kappa shape index (κ3) is 9.73. The van der Waals surface area contributed by atoms with Crippen LogP contribution in [-0.2, 0) is 44.9 Å². The maximum Gasteiger partial charge on any atom is 0.342 e. The predicted octanol–water partition coefficient (Wildman–Crippen LogP) is 5.75. The van der Waals surface area contributed by atoms with Crippen molar-refractivity contribution in [1.82, 2.24) is 29.5 Å². The second-order valence-corrected chi connectivity index (χ2v) is 12.5. The van der Waals surface area contributed by atoms with Gasteiger partial charge in [0, 0.05) is 51.6 Å². The van der Waals surface area contributed by atoms with Crippen LogP contribution in [0.3, 0.4) is 0 Å². The molecule has 2 aliphatic rings. The first-order valence-electron chi connectivity index (χ1n) is 18.2. The van der Waals surface area contributed by atoms with Crippen LogP contribution in [0, 0.1) is 0 Å². The molecule has 3 N–H and O–H groups in total. The highest BCUT2D eigenvalue weighted by Gasteiger charge is 2.26. The van der Waals surface area contributed by atoms with Gasteiger partial charge in [0.1, 0.15) is 11.1 Å². The maximum atomic E-state index is 12.7. The lowest BCUT2D eigenvalue weighted by Gasteiger charge is -2.26. The van der Waals surface area contributed by atoms with E-state index in [1.807, 2.05) is 39.3 Å². The van der Waals surface area contributed by atoms with Gasteiger partial charge >= 0.3 is 11.9 Å². The number of ether oxygens (including phenoxy) is 4. The number of fused-ring (bicyclic) bond motifs is 2. The molecule has 280 valence electrons. The van der Waals surface area contributed by atoms with Gasteiger partial charge in [0.2, 0.25) is 0 Å². The van der Waals surface area contributed by atoms with Gasteiger partial charge in [-0.25, -0.2) is 28.9 Å². The number of nitrogens with two attached hydrogens (primary N) is 1. The standard InChI is InChI=1S/C18H26N4O3.C13H16ClN3O2.C5H11NO/c1-4-14-15(18(23)25-6-3)16(20-12-7-9-24-10-8-12)13-11-19-22(5-2)17(13)21-14;1-4-9-10(13(18)19-6-3)11(14)8-7-15-17(5-2)12(8)16-9;6-5-1-3-7-4-2-5/h11-12H,4-10H2,1-3H3,(H,20,21);7H,4-6H2,1-3H3;5H,1-4,6H2. The molecule has 4 aromatic heterocycles. The number of rotatable bonds is 10. The average Bonchev–Trinajstić information content (AvgIpc) is 3.76. The molecule has 0 unspecified atom stereocenters. The summed E-state index contributed by atoms with van der Waals surface area (Å²) < 4.78 is 24.5. The molecular formula is C36H53ClN8O6. The van der Waals surface area contributed by atoms with E-state index < -0.39 is 5.97 Å². The molecule has 2 fully saturated rings. The molecule has 4 aromatic rings. The SMILES string of the molecule is CCOC(=O)c1c(CC)nc2c(cnn2CC)c1Cl.CCOC(=O)c1c(CC)nc2c(cnn2CC)c1NC1CCOCC1.NC1CCOCC1. The van der Waals surface area contributed by atoms with Crippen LogP contribution in [0.5, 0.6) is 0 Å². The van der Waals surface area contributed by atoms with Crippen molar-refractivity contribution in [2.24, 2.45) is 5.73 Å². The van der Waals surface area contributed by atoms with Crippen molar-refractivity contribution in [3.05, 3.63) is 39.9 Å². The molecule has 0 spiro atoms. The minimum Gasteiger partial charge on any atom is -0.462 e. The van der Waals surface area contributed by atoms with Crippen molar-refractivity contribution in [3.8, 4) is 0 Å². The Morgan fingerprint density at radius 1 is 0.784 bits per heavy atom. The molecule has 51 heavy (non-hydrogen) atoms. The lowest BCUT2D eigenvalue weighted by Crippen LogP contribution is -2.29. The van der Waals surface area contributed by atoms with E-state index in [4.69, 9.17) is 41.3 Å². The average molecular weight is 729 g/mol. The number of anilines is 1. The van der Waals surface area contributed by atoms with E-state index in [2.05, 4.69) is 20.5 Å². The van der Waals surface area contributed by atoms with Crippen molar-refractivity contribution < 1.29 is 28.5 Å². The zero-order valence-electron chi connectivity index (χ0n) is 30.8. The number of halogens is 1. The molecule has 0 bridgehead atoms. The van der Waals surface area contributed by atoms with Crippen LogP contribution >= 0.6 is 11.6 Å². The molecule has 0 aliphatic carbocycles. The highest BCUT2D eigenvalue weighted by atomic mass is 35.5. The van der Waals surface area contributed by atoms with Crippen molar-refractivity contribution >= 4 is 51.3 Å². The quantitative estimate of drug-likeness (QED) is 0.190. The minimum atomic E-state index is -0.428. The Bertz CT molecular complexity index is 1750. The Hall–Kier alpha value is -3.85. The number of hydrogen-bond acceptors (Lipinski definition) is 12. The number of nitrogens with zero attached hydrogens (tertiary/aromatic N) is 6. The lowest BCUT2D eigenvalue weighted by atomic mass is 10.0. The Labute approximate surface area is 304 Å². The van der Waals surface area contributed by atoms with Gasteiger partial charge in [-0.1, -0.05) is 25.4 Å². The fourth-order valence-corrected chi connectivity index (χ4v) is 6.27. The minimum absolute atomic E-state index is 0.266. The molecule has 0 aromatic carbocycles. The van der Waals surface area contributed by atoms with Crippen LogP contribution in [0.15, 0.2) is 12.4 Å². The van der Waals surface area contributed by atoms with E-state index in [-0.39, 0.29) is 12.0 Å². The summed E-state index contributed by atoms with van der Waals surface area (Å²) in [6.07, 6.45) is 8.59. The normalized spacial score (nSPS) is 15.1. The van der Waals surface area contributed by atoms with E-state index in [1.165, 1.54) is 0 Å². The van der Waals surface area contributed by atoms with E-state index in [0.29, 0.717) is 71.5 Å². The smallest absolute Gasteiger partial charge is 0.342 e. The first kappa shape index (κ1) is 39.9. The molecule has 0 saturated carbocycles. The van der Waals surface area contributed by atoms with E-state index in [1.54, 1.807) is 24.0 Å². The number of aromatic nitrogens is 6. The highest BCUT2D eigenvalue weighted by Crippen LogP contribution is 2.32. The zero-order valence-corrected chi connectivity index (χ0v) is 31.6. The topological polar surface area (TPSA) is 171 Å². The van der Waals surface area contributed by atoms with Crippen LogP contribution < -0.4 is 11.1 Å². The van der Waals surface area contributed by atoms with Crippen molar-refractivity contribution in [3.63, 3.8) is 0 Å². The van der Waals surface area contributed by atoms with Crippen molar-refractivity contribution in [1.29, 1.82) is 0 Å². The van der Waals surface area contributed by atoms with Crippen molar-refractivity contribution in [2.45, 2.75) is 105 Å². The molecule has 6 heterocycles. The van der Waals surface area contributed by atoms with Crippen LogP contribution in [0.25, 0.3) is 22.1 Å². The number of carbonyl (C=O) groups is 2.